The van der Waals surface area contributed by atoms with Crippen LogP contribution in [-0.2, 0) is 6.54 Å². The number of hydrogen-bond donors (Lipinski definition) is 3. The molecule has 0 radical (unpaired) electrons. The fourth-order valence-corrected chi connectivity index (χ4v) is 3.04. The predicted molar refractivity (Wildman–Crippen MR) is 101 cm³/mol. The topological polar surface area (TPSA) is 104 Å². The molecule has 0 spiro atoms. The number of fused-ring (bicyclic) bond motifs is 3. The van der Waals surface area contributed by atoms with E-state index in [2.05, 4.69) is 25.8 Å². The molecule has 1 aliphatic rings. The smallest absolute Gasteiger partial charge is 0.319 e. The first-order valence-corrected chi connectivity index (χ1v) is 8.66. The van der Waals surface area contributed by atoms with Gasteiger partial charge in [-0.2, -0.15) is 0 Å². The van der Waals surface area contributed by atoms with Crippen molar-refractivity contribution in [1.29, 1.82) is 0 Å². The van der Waals surface area contributed by atoms with Crippen LogP contribution in [0.15, 0.2) is 53.8 Å². The van der Waals surface area contributed by atoms with Crippen molar-refractivity contribution in [3.8, 4) is 5.69 Å². The van der Waals surface area contributed by atoms with Crippen LogP contribution >= 0.6 is 0 Å². The van der Waals surface area contributed by atoms with E-state index in [-0.39, 0.29) is 25.5 Å². The number of aliphatic imine (C=N–C) groups is 1. The van der Waals surface area contributed by atoms with Crippen molar-refractivity contribution in [2.75, 3.05) is 18.5 Å². The lowest BCUT2D eigenvalue weighted by Gasteiger charge is -2.14. The van der Waals surface area contributed by atoms with Crippen molar-refractivity contribution < 1.29 is 14.3 Å². The standard InChI is InChI=1S/C19H17FN6O2/c20-15-4-2-1-3-13(15)18-14-9-12(24-19(28)21-7-8-27)5-6-16(14)26-11-23-25-17(26)10-22-18/h1-6,9,11,27H,7-8,10H2,(H2,21,24,28). The lowest BCUT2D eigenvalue weighted by molar-refractivity contribution is 0.245. The normalized spacial score (nSPS) is 12.4. The molecule has 28 heavy (non-hydrogen) atoms. The van der Waals surface area contributed by atoms with Crippen LogP contribution in [0.2, 0.25) is 0 Å². The molecule has 2 aromatic carbocycles. The molecule has 4 rings (SSSR count). The number of aromatic nitrogens is 3. The molecule has 0 atom stereocenters. The summed E-state index contributed by atoms with van der Waals surface area (Å²) in [6, 6.07) is 11.2. The van der Waals surface area contributed by atoms with E-state index in [0.29, 0.717) is 28.4 Å². The van der Waals surface area contributed by atoms with Gasteiger partial charge in [-0.25, -0.2) is 9.18 Å². The number of halogens is 1. The van der Waals surface area contributed by atoms with Crippen LogP contribution in [0.4, 0.5) is 14.9 Å². The lowest BCUT2D eigenvalue weighted by atomic mass is 9.99. The Hall–Kier alpha value is -3.59. The largest absolute Gasteiger partial charge is 0.395 e. The van der Waals surface area contributed by atoms with Gasteiger partial charge >= 0.3 is 6.03 Å². The van der Waals surface area contributed by atoms with E-state index < -0.39 is 6.03 Å². The van der Waals surface area contributed by atoms with Crippen LogP contribution < -0.4 is 10.6 Å². The first kappa shape index (κ1) is 17.8. The second kappa shape index (κ2) is 7.57. The van der Waals surface area contributed by atoms with E-state index >= 15 is 0 Å². The minimum Gasteiger partial charge on any atom is -0.395 e. The Morgan fingerprint density at radius 3 is 2.89 bits per heavy atom. The molecule has 0 unspecified atom stereocenters. The highest BCUT2D eigenvalue weighted by atomic mass is 19.1. The number of benzene rings is 2. The van der Waals surface area contributed by atoms with E-state index in [1.54, 1.807) is 47.3 Å². The van der Waals surface area contributed by atoms with Crippen molar-refractivity contribution >= 4 is 17.4 Å². The Kier molecular flexibility index (Phi) is 4.81. The highest BCUT2D eigenvalue weighted by molar-refractivity contribution is 6.16. The zero-order valence-corrected chi connectivity index (χ0v) is 14.8. The van der Waals surface area contributed by atoms with Gasteiger partial charge in [0.1, 0.15) is 18.7 Å². The Bertz CT molecular complexity index is 1060. The summed E-state index contributed by atoms with van der Waals surface area (Å²) in [6.45, 7) is 0.235. The Morgan fingerprint density at radius 1 is 1.21 bits per heavy atom. The Balaban J connectivity index is 1.80. The molecule has 3 aromatic rings. The summed E-state index contributed by atoms with van der Waals surface area (Å²) in [5, 5.41) is 22.1. The van der Waals surface area contributed by atoms with Gasteiger partial charge < -0.3 is 15.7 Å². The van der Waals surface area contributed by atoms with Gasteiger partial charge in [0.15, 0.2) is 5.82 Å². The van der Waals surface area contributed by atoms with Crippen LogP contribution in [0.25, 0.3) is 5.69 Å². The third-order valence-electron chi connectivity index (χ3n) is 4.29. The minimum atomic E-state index is -0.447. The maximum atomic E-state index is 14.5. The van der Waals surface area contributed by atoms with Gasteiger partial charge in [0.05, 0.1) is 18.0 Å². The summed E-state index contributed by atoms with van der Waals surface area (Å²) in [5.74, 6) is 0.248. The zero-order chi connectivity index (χ0) is 19.5. The van der Waals surface area contributed by atoms with E-state index in [9.17, 15) is 9.18 Å². The molecule has 0 saturated carbocycles. The fourth-order valence-electron chi connectivity index (χ4n) is 3.04. The number of nitrogens with one attached hydrogen (secondary N) is 2. The van der Waals surface area contributed by atoms with Crippen LogP contribution in [0.3, 0.4) is 0 Å². The molecule has 0 saturated heterocycles. The summed E-state index contributed by atoms with van der Waals surface area (Å²) < 4.78 is 16.3. The number of anilines is 1. The Labute approximate surface area is 159 Å². The van der Waals surface area contributed by atoms with Crippen LogP contribution in [0, 0.1) is 5.82 Å². The molecular weight excluding hydrogens is 363 g/mol. The van der Waals surface area contributed by atoms with Gasteiger partial charge in [0.25, 0.3) is 0 Å². The first-order valence-electron chi connectivity index (χ1n) is 8.66. The lowest BCUT2D eigenvalue weighted by Crippen LogP contribution is -2.31. The zero-order valence-electron chi connectivity index (χ0n) is 14.8. The van der Waals surface area contributed by atoms with Gasteiger partial charge in [0.2, 0.25) is 0 Å². The molecule has 8 nitrogen and oxygen atoms in total. The molecule has 2 heterocycles. The molecule has 1 aromatic heterocycles. The highest BCUT2D eigenvalue weighted by Gasteiger charge is 2.22. The van der Waals surface area contributed by atoms with Crippen molar-refractivity contribution in [3.05, 3.63) is 71.6 Å². The molecule has 142 valence electrons. The summed E-state index contributed by atoms with van der Waals surface area (Å²) in [6.07, 6.45) is 1.58. The van der Waals surface area contributed by atoms with E-state index in [1.807, 2.05) is 0 Å². The van der Waals surface area contributed by atoms with Crippen molar-refractivity contribution in [2.24, 2.45) is 4.99 Å². The molecule has 2 amide bonds. The molecule has 3 N–H and O–H groups in total. The number of rotatable bonds is 4. The average molecular weight is 380 g/mol. The van der Waals surface area contributed by atoms with E-state index in [0.717, 1.165) is 5.69 Å². The summed E-state index contributed by atoms with van der Waals surface area (Å²) in [7, 11) is 0. The van der Waals surface area contributed by atoms with Crippen LogP contribution in [-0.4, -0.2) is 44.8 Å². The summed E-state index contributed by atoms with van der Waals surface area (Å²) >= 11 is 0. The van der Waals surface area contributed by atoms with Gasteiger partial charge in [0, 0.05) is 23.4 Å². The average Bonchev–Trinajstić information content (AvgIpc) is 3.11. The molecule has 0 aliphatic carbocycles. The molecule has 0 bridgehead atoms. The van der Waals surface area contributed by atoms with Crippen LogP contribution in [0.5, 0.6) is 0 Å². The Morgan fingerprint density at radius 2 is 2.07 bits per heavy atom. The maximum Gasteiger partial charge on any atom is 0.319 e. The predicted octanol–water partition coefficient (Wildman–Crippen LogP) is 1.87. The van der Waals surface area contributed by atoms with Crippen LogP contribution in [0.1, 0.15) is 17.0 Å². The van der Waals surface area contributed by atoms with Crippen molar-refractivity contribution in [1.82, 2.24) is 20.1 Å². The van der Waals surface area contributed by atoms with Gasteiger partial charge in [-0.3, -0.25) is 9.56 Å². The first-order chi connectivity index (χ1) is 13.7. The minimum absolute atomic E-state index is 0.142. The molecular formula is C19H17FN6O2. The maximum absolute atomic E-state index is 14.5. The highest BCUT2D eigenvalue weighted by Crippen LogP contribution is 2.27. The SMILES string of the molecule is O=C(NCCO)Nc1ccc2c(c1)C(c1ccccc1F)=NCc1nncn1-2. The van der Waals surface area contributed by atoms with Gasteiger partial charge in [-0.05, 0) is 30.3 Å². The van der Waals surface area contributed by atoms with Crippen molar-refractivity contribution in [2.45, 2.75) is 6.54 Å². The monoisotopic (exact) mass is 380 g/mol. The third kappa shape index (κ3) is 3.35. The fraction of sp³-hybridized carbons (Fsp3) is 0.158. The quantitative estimate of drug-likeness (QED) is 0.643. The number of nitrogens with zero attached hydrogens (tertiary/aromatic N) is 4. The molecule has 1 aliphatic heterocycles. The second-order valence-electron chi connectivity index (χ2n) is 6.10. The molecule has 9 heteroatoms. The van der Waals surface area contributed by atoms with Crippen molar-refractivity contribution in [3.63, 3.8) is 0 Å². The van der Waals surface area contributed by atoms with E-state index in [1.165, 1.54) is 6.07 Å². The van der Waals surface area contributed by atoms with Gasteiger partial charge in [-0.15, -0.1) is 10.2 Å². The number of carbonyl (C=O) groups is 1. The second-order valence-corrected chi connectivity index (χ2v) is 6.10. The number of amides is 2. The number of aliphatic hydroxyl groups is 1. The van der Waals surface area contributed by atoms with E-state index in [4.69, 9.17) is 5.11 Å². The summed E-state index contributed by atoms with van der Waals surface area (Å²) in [4.78, 5) is 16.5. The molecule has 0 fully saturated rings. The number of urea groups is 1. The summed E-state index contributed by atoms with van der Waals surface area (Å²) in [5.41, 5.74) is 2.72. The number of carbonyl (C=O) groups excluding carboxylic acids is 1. The number of aliphatic hydroxyl groups excluding tert-OH is 1. The van der Waals surface area contributed by atoms with Gasteiger partial charge in [-0.1, -0.05) is 12.1 Å². The third-order valence-corrected chi connectivity index (χ3v) is 4.29. The number of hydrogen-bond acceptors (Lipinski definition) is 5.